The normalized spacial score (nSPS) is 10.5. The van der Waals surface area contributed by atoms with E-state index in [1.165, 1.54) is 0 Å². The fourth-order valence-electron chi connectivity index (χ4n) is 1.97. The molecule has 2 N–H and O–H groups in total. The second-order valence-electron chi connectivity index (χ2n) is 5.16. The highest BCUT2D eigenvalue weighted by atomic mass is 16.5. The van der Waals surface area contributed by atoms with E-state index in [0.717, 1.165) is 30.2 Å². The van der Waals surface area contributed by atoms with E-state index >= 15 is 0 Å². The zero-order valence-electron chi connectivity index (χ0n) is 13.3. The molecule has 0 aliphatic rings. The standard InChI is InChI=1S/C16H23N5O/c1-21(2)11-10-18-16-17-9-8-15(20-16)19-12-13-6-4-5-7-14(13)22-3/h4-9H,10-12H2,1-3H3,(H2,17,18,19,20). The lowest BCUT2D eigenvalue weighted by Crippen LogP contribution is -2.21. The Labute approximate surface area is 131 Å². The molecule has 118 valence electrons. The molecule has 0 spiro atoms. The van der Waals surface area contributed by atoms with Crippen LogP contribution in [0.4, 0.5) is 11.8 Å². The van der Waals surface area contributed by atoms with Gasteiger partial charge >= 0.3 is 0 Å². The summed E-state index contributed by atoms with van der Waals surface area (Å²) in [7, 11) is 5.75. The van der Waals surface area contributed by atoms with Crippen molar-refractivity contribution in [2.75, 3.05) is 44.9 Å². The molecule has 0 aliphatic carbocycles. The number of hydrogen-bond donors (Lipinski definition) is 2. The summed E-state index contributed by atoms with van der Waals surface area (Å²) in [6.45, 7) is 2.39. The van der Waals surface area contributed by atoms with Gasteiger partial charge in [0, 0.05) is 31.4 Å². The summed E-state index contributed by atoms with van der Waals surface area (Å²) in [5.74, 6) is 2.29. The lowest BCUT2D eigenvalue weighted by atomic mass is 10.2. The number of methoxy groups -OCH3 is 1. The summed E-state index contributed by atoms with van der Waals surface area (Å²) in [5, 5.41) is 6.50. The minimum atomic E-state index is 0.631. The first-order valence-electron chi connectivity index (χ1n) is 7.26. The largest absolute Gasteiger partial charge is 0.496 e. The number of likely N-dealkylation sites (N-methyl/N-ethyl adjacent to an activating group) is 1. The van der Waals surface area contributed by atoms with E-state index in [9.17, 15) is 0 Å². The van der Waals surface area contributed by atoms with Crippen molar-refractivity contribution in [2.45, 2.75) is 6.54 Å². The fraction of sp³-hybridized carbons (Fsp3) is 0.375. The van der Waals surface area contributed by atoms with Crippen molar-refractivity contribution in [3.8, 4) is 5.75 Å². The molecule has 0 atom stereocenters. The Morgan fingerprint density at radius 2 is 1.95 bits per heavy atom. The third-order valence-corrected chi connectivity index (χ3v) is 3.15. The monoisotopic (exact) mass is 301 g/mol. The third kappa shape index (κ3) is 4.89. The Morgan fingerprint density at radius 3 is 2.73 bits per heavy atom. The van der Waals surface area contributed by atoms with Crippen molar-refractivity contribution in [3.63, 3.8) is 0 Å². The van der Waals surface area contributed by atoms with Gasteiger partial charge in [-0.05, 0) is 26.2 Å². The number of benzene rings is 1. The van der Waals surface area contributed by atoms with Gasteiger partial charge in [-0.25, -0.2) is 4.98 Å². The van der Waals surface area contributed by atoms with Crippen LogP contribution >= 0.6 is 0 Å². The molecule has 0 saturated carbocycles. The number of aromatic nitrogens is 2. The third-order valence-electron chi connectivity index (χ3n) is 3.15. The van der Waals surface area contributed by atoms with Gasteiger partial charge in [0.05, 0.1) is 7.11 Å². The lowest BCUT2D eigenvalue weighted by molar-refractivity contribution is 0.410. The van der Waals surface area contributed by atoms with Gasteiger partial charge in [0.15, 0.2) is 0 Å². The molecule has 0 unspecified atom stereocenters. The summed E-state index contributed by atoms with van der Waals surface area (Å²) in [5.41, 5.74) is 1.09. The van der Waals surface area contributed by atoms with Gasteiger partial charge in [0.25, 0.3) is 0 Å². The summed E-state index contributed by atoms with van der Waals surface area (Å²) >= 11 is 0. The molecular formula is C16H23N5O. The molecule has 0 aliphatic heterocycles. The smallest absolute Gasteiger partial charge is 0.224 e. The highest BCUT2D eigenvalue weighted by molar-refractivity contribution is 5.42. The summed E-state index contributed by atoms with van der Waals surface area (Å²) in [6, 6.07) is 9.79. The van der Waals surface area contributed by atoms with E-state index in [0.29, 0.717) is 12.5 Å². The van der Waals surface area contributed by atoms with Crippen LogP contribution in [0.5, 0.6) is 5.75 Å². The van der Waals surface area contributed by atoms with Gasteiger partial charge in [-0.1, -0.05) is 18.2 Å². The average Bonchev–Trinajstić information content (AvgIpc) is 2.53. The second kappa shape index (κ2) is 8.19. The van der Waals surface area contributed by atoms with E-state index in [4.69, 9.17) is 4.74 Å². The van der Waals surface area contributed by atoms with Crippen molar-refractivity contribution in [1.29, 1.82) is 0 Å². The van der Waals surface area contributed by atoms with Crippen molar-refractivity contribution >= 4 is 11.8 Å². The molecule has 0 bridgehead atoms. The topological polar surface area (TPSA) is 62.3 Å². The highest BCUT2D eigenvalue weighted by Gasteiger charge is 2.03. The zero-order valence-corrected chi connectivity index (χ0v) is 13.3. The molecule has 1 heterocycles. The van der Waals surface area contributed by atoms with Crippen molar-refractivity contribution < 1.29 is 4.74 Å². The minimum absolute atomic E-state index is 0.631. The SMILES string of the molecule is COc1ccccc1CNc1ccnc(NCCN(C)C)n1. The van der Waals surface area contributed by atoms with Crippen LogP contribution in [-0.2, 0) is 6.54 Å². The molecule has 1 aromatic heterocycles. The van der Waals surface area contributed by atoms with E-state index in [1.807, 2.05) is 44.4 Å². The molecule has 22 heavy (non-hydrogen) atoms. The maximum absolute atomic E-state index is 5.34. The average molecular weight is 301 g/mol. The number of hydrogen-bond acceptors (Lipinski definition) is 6. The Hall–Kier alpha value is -2.34. The Balaban J connectivity index is 1.92. The van der Waals surface area contributed by atoms with Crippen molar-refractivity contribution in [1.82, 2.24) is 14.9 Å². The molecule has 2 aromatic rings. The van der Waals surface area contributed by atoms with Crippen LogP contribution in [0.15, 0.2) is 36.5 Å². The second-order valence-corrected chi connectivity index (χ2v) is 5.16. The molecule has 2 rings (SSSR count). The fourth-order valence-corrected chi connectivity index (χ4v) is 1.97. The quantitative estimate of drug-likeness (QED) is 0.778. The summed E-state index contributed by atoms with van der Waals surface area (Å²) < 4.78 is 5.34. The van der Waals surface area contributed by atoms with E-state index in [1.54, 1.807) is 13.3 Å². The Kier molecular flexibility index (Phi) is 5.97. The van der Waals surface area contributed by atoms with Gasteiger partial charge in [0.2, 0.25) is 5.95 Å². The van der Waals surface area contributed by atoms with Gasteiger partial charge in [-0.2, -0.15) is 4.98 Å². The summed E-state index contributed by atoms with van der Waals surface area (Å²) in [4.78, 5) is 10.8. The zero-order chi connectivity index (χ0) is 15.8. The van der Waals surface area contributed by atoms with E-state index in [2.05, 4.69) is 25.5 Å². The van der Waals surface area contributed by atoms with Crippen LogP contribution in [0.3, 0.4) is 0 Å². The lowest BCUT2D eigenvalue weighted by Gasteiger charge is -2.12. The molecule has 0 radical (unpaired) electrons. The maximum Gasteiger partial charge on any atom is 0.224 e. The van der Waals surface area contributed by atoms with Crippen LogP contribution in [0.1, 0.15) is 5.56 Å². The Morgan fingerprint density at radius 1 is 1.14 bits per heavy atom. The predicted octanol–water partition coefficient (Wildman–Crippen LogP) is 2.07. The molecule has 0 amide bonds. The number of rotatable bonds is 8. The Bertz CT molecular complexity index is 588. The van der Waals surface area contributed by atoms with Gasteiger partial charge in [-0.15, -0.1) is 0 Å². The number of nitrogens with one attached hydrogen (secondary N) is 2. The van der Waals surface area contributed by atoms with Crippen LogP contribution in [0, 0.1) is 0 Å². The highest BCUT2D eigenvalue weighted by Crippen LogP contribution is 2.18. The van der Waals surface area contributed by atoms with Gasteiger partial charge in [0.1, 0.15) is 11.6 Å². The molecular weight excluding hydrogens is 278 g/mol. The van der Waals surface area contributed by atoms with Crippen LogP contribution in [-0.4, -0.2) is 49.2 Å². The molecule has 0 saturated heterocycles. The van der Waals surface area contributed by atoms with Crippen molar-refractivity contribution in [3.05, 3.63) is 42.1 Å². The first kappa shape index (κ1) is 16.0. The van der Waals surface area contributed by atoms with Crippen LogP contribution in [0.25, 0.3) is 0 Å². The molecule has 6 nitrogen and oxygen atoms in total. The van der Waals surface area contributed by atoms with Crippen molar-refractivity contribution in [2.24, 2.45) is 0 Å². The number of ether oxygens (including phenoxy) is 1. The first-order chi connectivity index (χ1) is 10.7. The maximum atomic E-state index is 5.34. The predicted molar refractivity (Wildman–Crippen MR) is 89.4 cm³/mol. The van der Waals surface area contributed by atoms with Gasteiger partial charge in [-0.3, -0.25) is 0 Å². The molecule has 6 heteroatoms. The molecule has 0 fully saturated rings. The van der Waals surface area contributed by atoms with Gasteiger partial charge < -0.3 is 20.3 Å². The van der Waals surface area contributed by atoms with Crippen LogP contribution < -0.4 is 15.4 Å². The van der Waals surface area contributed by atoms with E-state index in [-0.39, 0.29) is 0 Å². The van der Waals surface area contributed by atoms with Crippen LogP contribution in [0.2, 0.25) is 0 Å². The molecule has 1 aromatic carbocycles. The summed E-state index contributed by atoms with van der Waals surface area (Å²) in [6.07, 6.45) is 1.75. The first-order valence-corrected chi connectivity index (χ1v) is 7.26. The van der Waals surface area contributed by atoms with E-state index < -0.39 is 0 Å². The minimum Gasteiger partial charge on any atom is -0.496 e. The number of nitrogens with zero attached hydrogens (tertiary/aromatic N) is 3. The number of para-hydroxylation sites is 1. The number of anilines is 2.